The number of nitrogens with zero attached hydrogens (tertiary/aromatic N) is 3. The first-order valence-corrected chi connectivity index (χ1v) is 6.42. The zero-order valence-corrected chi connectivity index (χ0v) is 11.1. The Bertz CT molecular complexity index is 986. The highest BCUT2D eigenvalue weighted by Crippen LogP contribution is 2.31. The van der Waals surface area contributed by atoms with E-state index in [1.165, 1.54) is 12.1 Å². The molecule has 0 fully saturated rings. The molecule has 0 aliphatic rings. The van der Waals surface area contributed by atoms with Crippen LogP contribution in [0.2, 0.25) is 0 Å². The summed E-state index contributed by atoms with van der Waals surface area (Å²) in [5.74, 6) is 0.119. The zero-order chi connectivity index (χ0) is 15.3. The molecule has 0 aliphatic heterocycles. The molecule has 2 aromatic heterocycles. The second-order valence-electron chi connectivity index (χ2n) is 4.84. The Balaban J connectivity index is 1.90. The lowest BCUT2D eigenvalue weighted by molar-refractivity contribution is -0.385. The number of hydrogen-bond acceptors (Lipinski definition) is 5. The highest BCUT2D eigenvalue weighted by Gasteiger charge is 2.16. The van der Waals surface area contributed by atoms with Gasteiger partial charge in [-0.3, -0.25) is 10.1 Å². The molecule has 0 spiro atoms. The van der Waals surface area contributed by atoms with E-state index in [0.717, 1.165) is 16.6 Å². The van der Waals surface area contributed by atoms with Crippen LogP contribution in [0.1, 0.15) is 0 Å². The van der Waals surface area contributed by atoms with E-state index >= 15 is 0 Å². The van der Waals surface area contributed by atoms with Crippen LogP contribution >= 0.6 is 0 Å². The van der Waals surface area contributed by atoms with Gasteiger partial charge < -0.3 is 15.1 Å². The molecule has 0 radical (unpaired) electrons. The number of nitro benzene ring substituents is 1. The fourth-order valence-electron chi connectivity index (χ4n) is 2.39. The van der Waals surface area contributed by atoms with Gasteiger partial charge in [0.1, 0.15) is 5.82 Å². The lowest BCUT2D eigenvalue weighted by Gasteiger charge is -1.99. The van der Waals surface area contributed by atoms with Gasteiger partial charge in [-0.2, -0.15) is 0 Å². The van der Waals surface area contributed by atoms with Crippen molar-refractivity contribution in [2.24, 2.45) is 0 Å². The maximum absolute atomic E-state index is 10.9. The molecule has 4 rings (SSSR count). The van der Waals surface area contributed by atoms with Crippen LogP contribution in [0.5, 0.6) is 5.75 Å². The Morgan fingerprint density at radius 1 is 1.14 bits per heavy atom. The number of phenols is 1. The number of nitro groups is 1. The smallest absolute Gasteiger partial charge is 0.311 e. The average Bonchev–Trinajstić information content (AvgIpc) is 3.10. The van der Waals surface area contributed by atoms with Crippen LogP contribution < -0.4 is 0 Å². The molecule has 0 amide bonds. The Labute approximate surface area is 122 Å². The van der Waals surface area contributed by atoms with Gasteiger partial charge in [-0.25, -0.2) is 9.97 Å². The highest BCUT2D eigenvalue weighted by atomic mass is 16.6. The SMILES string of the molecule is O=[N+]([O-])c1cc(-c2nc3cc4nc[nH]c4cc3[nH]2)ccc1O. The lowest BCUT2D eigenvalue weighted by atomic mass is 10.2. The molecule has 108 valence electrons. The number of aromatic hydroxyl groups is 1. The van der Waals surface area contributed by atoms with Crippen molar-refractivity contribution in [3.05, 3.63) is 46.8 Å². The Kier molecular flexibility index (Phi) is 2.40. The Morgan fingerprint density at radius 2 is 2.00 bits per heavy atom. The standard InChI is InChI=1S/C14H9N5O3/c20-13-2-1-7(3-12(13)19(21)22)14-17-10-4-8-9(16-6-15-8)5-11(10)18-14/h1-6,20H,(H,15,16)(H,17,18). The van der Waals surface area contributed by atoms with E-state index in [2.05, 4.69) is 19.9 Å². The van der Waals surface area contributed by atoms with Gasteiger partial charge in [0.25, 0.3) is 0 Å². The third-order valence-electron chi connectivity index (χ3n) is 3.47. The van der Waals surface area contributed by atoms with Crippen molar-refractivity contribution in [1.82, 2.24) is 19.9 Å². The first-order chi connectivity index (χ1) is 10.6. The van der Waals surface area contributed by atoms with Crippen molar-refractivity contribution < 1.29 is 10.0 Å². The second kappa shape index (κ2) is 4.29. The Hall–Kier alpha value is -3.42. The van der Waals surface area contributed by atoms with Crippen molar-refractivity contribution >= 4 is 27.8 Å². The first kappa shape index (κ1) is 12.3. The fourth-order valence-corrected chi connectivity index (χ4v) is 2.39. The number of H-pyrrole nitrogens is 2. The van der Waals surface area contributed by atoms with Gasteiger partial charge in [0.15, 0.2) is 5.75 Å². The summed E-state index contributed by atoms with van der Waals surface area (Å²) in [6.45, 7) is 0. The van der Waals surface area contributed by atoms with E-state index in [4.69, 9.17) is 0 Å². The molecule has 8 nitrogen and oxygen atoms in total. The Morgan fingerprint density at radius 3 is 2.82 bits per heavy atom. The van der Waals surface area contributed by atoms with E-state index in [9.17, 15) is 15.2 Å². The summed E-state index contributed by atoms with van der Waals surface area (Å²) in [7, 11) is 0. The van der Waals surface area contributed by atoms with E-state index in [-0.39, 0.29) is 11.4 Å². The predicted octanol–water partition coefficient (Wildman–Crippen LogP) is 2.72. The van der Waals surface area contributed by atoms with Crippen molar-refractivity contribution in [2.45, 2.75) is 0 Å². The normalized spacial score (nSPS) is 11.3. The molecule has 0 atom stereocenters. The molecule has 0 bridgehead atoms. The maximum Gasteiger partial charge on any atom is 0.311 e. The summed E-state index contributed by atoms with van der Waals surface area (Å²) in [5.41, 5.74) is 3.35. The monoisotopic (exact) mass is 295 g/mol. The largest absolute Gasteiger partial charge is 0.502 e. The molecular formula is C14H9N5O3. The maximum atomic E-state index is 10.9. The molecule has 2 aromatic carbocycles. The van der Waals surface area contributed by atoms with Crippen LogP contribution in [0, 0.1) is 10.1 Å². The number of imidazole rings is 2. The van der Waals surface area contributed by atoms with Crippen LogP contribution in [-0.4, -0.2) is 30.0 Å². The van der Waals surface area contributed by atoms with Crippen molar-refractivity contribution in [3.63, 3.8) is 0 Å². The van der Waals surface area contributed by atoms with Crippen LogP contribution in [0.15, 0.2) is 36.7 Å². The van der Waals surface area contributed by atoms with Crippen molar-refractivity contribution in [2.75, 3.05) is 0 Å². The molecule has 8 heteroatoms. The van der Waals surface area contributed by atoms with E-state index in [1.807, 2.05) is 12.1 Å². The average molecular weight is 295 g/mol. The van der Waals surface area contributed by atoms with Crippen LogP contribution in [0.25, 0.3) is 33.5 Å². The number of phenolic OH excluding ortho intramolecular Hbond substituents is 1. The fraction of sp³-hybridized carbons (Fsp3) is 0. The van der Waals surface area contributed by atoms with Gasteiger partial charge >= 0.3 is 5.69 Å². The first-order valence-electron chi connectivity index (χ1n) is 6.42. The third kappa shape index (κ3) is 1.78. The number of nitrogens with one attached hydrogen (secondary N) is 2. The van der Waals surface area contributed by atoms with Crippen LogP contribution in [0.4, 0.5) is 5.69 Å². The third-order valence-corrected chi connectivity index (χ3v) is 3.47. The summed E-state index contributed by atoms with van der Waals surface area (Å²) in [4.78, 5) is 25.0. The summed E-state index contributed by atoms with van der Waals surface area (Å²) >= 11 is 0. The van der Waals surface area contributed by atoms with Crippen molar-refractivity contribution in [3.8, 4) is 17.1 Å². The topological polar surface area (TPSA) is 121 Å². The van der Waals surface area contributed by atoms with E-state index < -0.39 is 4.92 Å². The number of benzene rings is 2. The van der Waals surface area contributed by atoms with E-state index in [0.29, 0.717) is 16.9 Å². The minimum atomic E-state index is -0.630. The minimum Gasteiger partial charge on any atom is -0.502 e. The van der Waals surface area contributed by atoms with Crippen molar-refractivity contribution in [1.29, 1.82) is 0 Å². The van der Waals surface area contributed by atoms with Gasteiger partial charge in [-0.05, 0) is 24.3 Å². The van der Waals surface area contributed by atoms with Crippen LogP contribution in [-0.2, 0) is 0 Å². The molecule has 4 aromatic rings. The minimum absolute atomic E-state index is 0.355. The van der Waals surface area contributed by atoms with Gasteiger partial charge in [-0.1, -0.05) is 0 Å². The quantitative estimate of drug-likeness (QED) is 0.388. The molecular weight excluding hydrogens is 286 g/mol. The molecule has 0 saturated heterocycles. The van der Waals surface area contributed by atoms with Gasteiger partial charge in [-0.15, -0.1) is 0 Å². The molecule has 0 unspecified atom stereocenters. The number of rotatable bonds is 2. The summed E-state index contributed by atoms with van der Waals surface area (Å²) in [5, 5.41) is 20.4. The molecule has 0 saturated carbocycles. The number of aromatic nitrogens is 4. The number of fused-ring (bicyclic) bond motifs is 2. The summed E-state index contributed by atoms with van der Waals surface area (Å²) in [6, 6.07) is 7.85. The number of hydrogen-bond donors (Lipinski definition) is 3. The molecule has 2 heterocycles. The highest BCUT2D eigenvalue weighted by molar-refractivity contribution is 5.92. The zero-order valence-electron chi connectivity index (χ0n) is 11.1. The van der Waals surface area contributed by atoms with Crippen LogP contribution in [0.3, 0.4) is 0 Å². The molecule has 3 N–H and O–H groups in total. The second-order valence-corrected chi connectivity index (χ2v) is 4.84. The lowest BCUT2D eigenvalue weighted by Crippen LogP contribution is -1.90. The van der Waals surface area contributed by atoms with Gasteiger partial charge in [0, 0.05) is 11.6 Å². The molecule has 22 heavy (non-hydrogen) atoms. The predicted molar refractivity (Wildman–Crippen MR) is 79.5 cm³/mol. The summed E-state index contributed by atoms with van der Waals surface area (Å²) < 4.78 is 0. The van der Waals surface area contributed by atoms with Gasteiger partial charge in [0.05, 0.1) is 33.3 Å². The molecule has 0 aliphatic carbocycles. The summed E-state index contributed by atoms with van der Waals surface area (Å²) in [6.07, 6.45) is 1.60. The number of aromatic amines is 2. The van der Waals surface area contributed by atoms with Gasteiger partial charge in [0.2, 0.25) is 0 Å². The van der Waals surface area contributed by atoms with E-state index in [1.54, 1.807) is 12.4 Å².